The van der Waals surface area contributed by atoms with Crippen LogP contribution in [0.15, 0.2) is 0 Å². The van der Waals surface area contributed by atoms with Gasteiger partial charge in [0.25, 0.3) is 0 Å². The largest absolute Gasteiger partial charge is 0.444 e. The molecule has 0 bridgehead atoms. The van der Waals surface area contributed by atoms with Crippen LogP contribution in [0.25, 0.3) is 0 Å². The van der Waals surface area contributed by atoms with E-state index >= 15 is 0 Å². The second kappa shape index (κ2) is 5.56. The normalized spacial score (nSPS) is 24.9. The van der Waals surface area contributed by atoms with Crippen molar-refractivity contribution in [2.45, 2.75) is 64.3 Å². The Bertz CT molecular complexity index is 319. The molecule has 1 aliphatic rings. The van der Waals surface area contributed by atoms with Gasteiger partial charge >= 0.3 is 6.09 Å². The smallest absolute Gasteiger partial charge is 0.407 e. The molecule has 6 nitrogen and oxygen atoms in total. The fraction of sp³-hybridized carbons (Fsp3) is 0.833. The van der Waals surface area contributed by atoms with Crippen LogP contribution >= 0.6 is 0 Å². The van der Waals surface area contributed by atoms with Crippen LogP contribution in [0.3, 0.4) is 0 Å². The summed E-state index contributed by atoms with van der Waals surface area (Å²) in [6.07, 6.45) is 1.18. The topological polar surface area (TPSA) is 93.4 Å². The third kappa shape index (κ3) is 4.91. The van der Waals surface area contributed by atoms with E-state index in [1.165, 1.54) is 0 Å². The summed E-state index contributed by atoms with van der Waals surface area (Å²) in [5.41, 5.74) is 4.68. The summed E-state index contributed by atoms with van der Waals surface area (Å²) in [5.74, 6) is -0.362. The highest BCUT2D eigenvalue weighted by Gasteiger charge is 2.32. The van der Waals surface area contributed by atoms with E-state index < -0.39 is 11.7 Å². The zero-order valence-electron chi connectivity index (χ0n) is 11.4. The third-order valence-corrected chi connectivity index (χ3v) is 2.77. The van der Waals surface area contributed by atoms with E-state index in [1.54, 1.807) is 6.92 Å². The summed E-state index contributed by atoms with van der Waals surface area (Å²) in [5, 5.41) is 5.89. The molecule has 0 radical (unpaired) electrons. The summed E-state index contributed by atoms with van der Waals surface area (Å²) in [4.78, 5) is 22.3. The van der Waals surface area contributed by atoms with Gasteiger partial charge in [0.15, 0.2) is 0 Å². The predicted octanol–water partition coefficient (Wildman–Crippen LogP) is 0.505. The van der Waals surface area contributed by atoms with E-state index in [9.17, 15) is 9.59 Å². The van der Waals surface area contributed by atoms with Crippen molar-refractivity contribution >= 4 is 12.0 Å². The number of nitrogens with one attached hydrogen (secondary N) is 2. The number of carbonyl (C=O) groups is 2. The second-order valence-corrected chi connectivity index (χ2v) is 5.80. The monoisotopic (exact) mass is 257 g/mol. The van der Waals surface area contributed by atoms with E-state index in [1.807, 2.05) is 20.8 Å². The Morgan fingerprint density at radius 3 is 2.28 bits per heavy atom. The Balaban J connectivity index is 2.19. The van der Waals surface area contributed by atoms with Crippen LogP contribution in [0.1, 0.15) is 40.5 Å². The molecule has 0 saturated heterocycles. The van der Waals surface area contributed by atoms with Crippen LogP contribution in [-0.2, 0) is 9.53 Å². The Morgan fingerprint density at radius 1 is 1.28 bits per heavy atom. The molecule has 1 atom stereocenters. The number of rotatable bonds is 4. The molecule has 0 aromatic heterocycles. The minimum Gasteiger partial charge on any atom is -0.444 e. The minimum atomic E-state index is -0.480. The first-order valence-electron chi connectivity index (χ1n) is 6.22. The fourth-order valence-electron chi connectivity index (χ4n) is 1.78. The third-order valence-electron chi connectivity index (χ3n) is 2.77. The van der Waals surface area contributed by atoms with Gasteiger partial charge in [-0.25, -0.2) is 4.79 Å². The van der Waals surface area contributed by atoms with Gasteiger partial charge in [0.05, 0.1) is 6.04 Å². The van der Waals surface area contributed by atoms with Gasteiger partial charge in [-0.3, -0.25) is 4.79 Å². The van der Waals surface area contributed by atoms with Crippen molar-refractivity contribution in [3.63, 3.8) is 0 Å². The Morgan fingerprint density at radius 2 is 1.83 bits per heavy atom. The molecule has 0 aromatic rings. The molecule has 104 valence electrons. The molecule has 1 fully saturated rings. The number of amides is 2. The van der Waals surface area contributed by atoms with Crippen LogP contribution in [0.4, 0.5) is 4.79 Å². The fourth-order valence-corrected chi connectivity index (χ4v) is 1.78. The number of hydrogen-bond acceptors (Lipinski definition) is 4. The summed E-state index contributed by atoms with van der Waals surface area (Å²) >= 11 is 0. The van der Waals surface area contributed by atoms with Crippen molar-refractivity contribution in [2.24, 2.45) is 5.73 Å². The maximum Gasteiger partial charge on any atom is 0.407 e. The number of nitrogens with two attached hydrogens (primary N) is 1. The molecule has 0 aromatic carbocycles. The summed E-state index contributed by atoms with van der Waals surface area (Å²) in [6.45, 7) is 7.21. The Kier molecular flexibility index (Phi) is 4.56. The standard InChI is InChI=1S/C12H23N3O3/c1-7(10(13)16)14-8-5-9(6-8)15-11(17)18-12(2,3)4/h7-9,14H,5-6H2,1-4H3,(H2,13,16)(H,15,17). The molecule has 0 spiro atoms. The van der Waals surface area contributed by atoms with E-state index in [4.69, 9.17) is 10.5 Å². The number of primary amides is 1. The van der Waals surface area contributed by atoms with Gasteiger partial charge in [-0.2, -0.15) is 0 Å². The highest BCUT2D eigenvalue weighted by Crippen LogP contribution is 2.21. The molecule has 1 unspecified atom stereocenters. The number of alkyl carbamates (subject to hydrolysis) is 1. The second-order valence-electron chi connectivity index (χ2n) is 5.80. The lowest BCUT2D eigenvalue weighted by molar-refractivity contribution is -0.120. The SMILES string of the molecule is CC(NC1CC(NC(=O)OC(C)(C)C)C1)C(N)=O. The van der Waals surface area contributed by atoms with Crippen LogP contribution in [0.5, 0.6) is 0 Å². The lowest BCUT2D eigenvalue weighted by atomic mass is 9.86. The van der Waals surface area contributed by atoms with Gasteiger partial charge in [-0.15, -0.1) is 0 Å². The molecule has 18 heavy (non-hydrogen) atoms. The summed E-state index contributed by atoms with van der Waals surface area (Å²) in [7, 11) is 0. The van der Waals surface area contributed by atoms with Gasteiger partial charge < -0.3 is 21.1 Å². The minimum absolute atomic E-state index is 0.109. The maximum absolute atomic E-state index is 11.5. The molecule has 0 heterocycles. The van der Waals surface area contributed by atoms with E-state index in [0.29, 0.717) is 0 Å². The highest BCUT2D eigenvalue weighted by atomic mass is 16.6. The average molecular weight is 257 g/mol. The van der Waals surface area contributed by atoms with Crippen molar-refractivity contribution in [1.29, 1.82) is 0 Å². The lowest BCUT2D eigenvalue weighted by Crippen LogP contribution is -2.56. The summed E-state index contributed by atoms with van der Waals surface area (Å²) < 4.78 is 5.15. The van der Waals surface area contributed by atoms with Gasteiger partial charge in [0.2, 0.25) is 5.91 Å². The highest BCUT2D eigenvalue weighted by molar-refractivity contribution is 5.79. The number of ether oxygens (including phenoxy) is 1. The molecular formula is C12H23N3O3. The lowest BCUT2D eigenvalue weighted by Gasteiger charge is -2.37. The Hall–Kier alpha value is -1.30. The average Bonchev–Trinajstić information content (AvgIpc) is 2.10. The Labute approximate surface area is 108 Å². The molecule has 1 aliphatic carbocycles. The maximum atomic E-state index is 11.5. The van der Waals surface area contributed by atoms with Gasteiger partial charge in [-0.05, 0) is 40.5 Å². The van der Waals surface area contributed by atoms with Crippen LogP contribution in [0, 0.1) is 0 Å². The molecule has 1 rings (SSSR count). The first kappa shape index (κ1) is 14.8. The van der Waals surface area contributed by atoms with Crippen LogP contribution in [-0.4, -0.2) is 35.7 Å². The molecule has 1 saturated carbocycles. The molecular weight excluding hydrogens is 234 g/mol. The van der Waals surface area contributed by atoms with E-state index in [2.05, 4.69) is 10.6 Å². The van der Waals surface area contributed by atoms with E-state index in [-0.39, 0.29) is 24.0 Å². The van der Waals surface area contributed by atoms with Crippen molar-refractivity contribution < 1.29 is 14.3 Å². The molecule has 0 aliphatic heterocycles. The van der Waals surface area contributed by atoms with Crippen molar-refractivity contribution in [3.8, 4) is 0 Å². The van der Waals surface area contributed by atoms with Gasteiger partial charge in [0, 0.05) is 12.1 Å². The van der Waals surface area contributed by atoms with Crippen molar-refractivity contribution in [1.82, 2.24) is 10.6 Å². The van der Waals surface area contributed by atoms with Crippen LogP contribution in [0.2, 0.25) is 0 Å². The molecule has 2 amide bonds. The van der Waals surface area contributed by atoms with E-state index in [0.717, 1.165) is 12.8 Å². The quantitative estimate of drug-likeness (QED) is 0.684. The van der Waals surface area contributed by atoms with Gasteiger partial charge in [0.1, 0.15) is 5.60 Å². The van der Waals surface area contributed by atoms with Crippen LogP contribution < -0.4 is 16.4 Å². The van der Waals surface area contributed by atoms with Crippen molar-refractivity contribution in [2.75, 3.05) is 0 Å². The molecule has 4 N–H and O–H groups in total. The first-order chi connectivity index (χ1) is 8.17. The predicted molar refractivity (Wildman–Crippen MR) is 68.0 cm³/mol. The first-order valence-corrected chi connectivity index (χ1v) is 6.22. The van der Waals surface area contributed by atoms with Crippen molar-refractivity contribution in [3.05, 3.63) is 0 Å². The zero-order valence-corrected chi connectivity index (χ0v) is 11.4. The number of carbonyl (C=O) groups excluding carboxylic acids is 2. The van der Waals surface area contributed by atoms with Gasteiger partial charge in [-0.1, -0.05) is 0 Å². The number of hydrogen-bond donors (Lipinski definition) is 3. The zero-order chi connectivity index (χ0) is 13.9. The summed E-state index contributed by atoms with van der Waals surface area (Å²) in [6, 6.07) is 0.00217. The molecule has 6 heteroatoms.